The van der Waals surface area contributed by atoms with Gasteiger partial charge in [0.15, 0.2) is 6.29 Å². The summed E-state index contributed by atoms with van der Waals surface area (Å²) < 4.78 is 10.9. The van der Waals surface area contributed by atoms with Gasteiger partial charge in [-0.3, -0.25) is 10.1 Å². The van der Waals surface area contributed by atoms with E-state index >= 15 is 0 Å². The predicted octanol–water partition coefficient (Wildman–Crippen LogP) is 2.11. The van der Waals surface area contributed by atoms with E-state index in [1.807, 2.05) is 0 Å². The van der Waals surface area contributed by atoms with Crippen LogP contribution in [0.4, 0.5) is 5.69 Å². The highest BCUT2D eigenvalue weighted by atomic mass is 79.9. The van der Waals surface area contributed by atoms with Crippen LogP contribution in [0.3, 0.4) is 0 Å². The molecule has 0 amide bonds. The molecule has 7 heteroatoms. The van der Waals surface area contributed by atoms with Crippen molar-refractivity contribution in [2.24, 2.45) is 0 Å². The number of phenolic OH excluding ortho intramolecular Hbond substituents is 1. The predicted molar refractivity (Wildman–Crippen MR) is 57.1 cm³/mol. The van der Waals surface area contributed by atoms with E-state index in [1.54, 1.807) is 6.07 Å². The molecule has 0 aliphatic carbocycles. The van der Waals surface area contributed by atoms with Crippen molar-refractivity contribution >= 4 is 21.6 Å². The van der Waals surface area contributed by atoms with Crippen molar-refractivity contribution in [3.63, 3.8) is 0 Å². The Morgan fingerprint density at radius 3 is 2.62 bits per heavy atom. The van der Waals surface area contributed by atoms with Crippen LogP contribution in [0.15, 0.2) is 16.6 Å². The van der Waals surface area contributed by atoms with Gasteiger partial charge in [0.1, 0.15) is 0 Å². The Hall–Kier alpha value is -1.18. The Bertz CT molecular complexity index is 430. The summed E-state index contributed by atoms with van der Waals surface area (Å²) in [5, 5.41) is 20.4. The number of rotatable bonds is 2. The second kappa shape index (κ2) is 4.36. The molecule has 0 spiro atoms. The number of halogens is 1. The molecular weight excluding hydrogens is 282 g/mol. The molecular formula is C9H8BrNO5. The fraction of sp³-hybridized carbons (Fsp3) is 0.333. The number of aromatic hydroxyl groups is 1. The van der Waals surface area contributed by atoms with Crippen LogP contribution >= 0.6 is 15.9 Å². The molecule has 1 aliphatic rings. The van der Waals surface area contributed by atoms with E-state index in [1.165, 1.54) is 6.07 Å². The van der Waals surface area contributed by atoms with Crippen LogP contribution in [0, 0.1) is 10.1 Å². The van der Waals surface area contributed by atoms with Crippen molar-refractivity contribution in [1.82, 2.24) is 0 Å². The molecule has 1 N–H and O–H groups in total. The molecule has 1 fully saturated rings. The van der Waals surface area contributed by atoms with E-state index < -0.39 is 17.0 Å². The summed E-state index contributed by atoms with van der Waals surface area (Å²) in [4.78, 5) is 10.0. The van der Waals surface area contributed by atoms with Gasteiger partial charge in [-0.25, -0.2) is 0 Å². The maximum absolute atomic E-state index is 10.7. The summed E-state index contributed by atoms with van der Waals surface area (Å²) >= 11 is 3.14. The average molecular weight is 290 g/mol. The number of hydrogen-bond acceptors (Lipinski definition) is 5. The maximum atomic E-state index is 10.7. The quantitative estimate of drug-likeness (QED) is 0.666. The lowest BCUT2D eigenvalue weighted by atomic mass is 10.1. The largest absolute Gasteiger partial charge is 0.502 e. The van der Waals surface area contributed by atoms with Crippen LogP contribution < -0.4 is 0 Å². The fourth-order valence-corrected chi connectivity index (χ4v) is 1.93. The zero-order valence-corrected chi connectivity index (χ0v) is 9.64. The number of hydrogen-bond donors (Lipinski definition) is 1. The average Bonchev–Trinajstić information content (AvgIpc) is 2.73. The fourth-order valence-electron chi connectivity index (χ4n) is 1.46. The molecule has 1 aromatic carbocycles. The van der Waals surface area contributed by atoms with E-state index in [-0.39, 0.29) is 11.3 Å². The minimum Gasteiger partial charge on any atom is -0.502 e. The standard InChI is InChI=1S/C9H8BrNO5/c10-5-3-6(9-15-1-2-16-9)8(12)7(4-5)11(13)14/h3-4,9,12H,1-2H2. The third-order valence-corrected chi connectivity index (χ3v) is 2.61. The lowest BCUT2D eigenvalue weighted by molar-refractivity contribution is -0.386. The first-order valence-corrected chi connectivity index (χ1v) is 5.29. The van der Waals surface area contributed by atoms with E-state index in [4.69, 9.17) is 9.47 Å². The normalized spacial score (nSPS) is 16.6. The maximum Gasteiger partial charge on any atom is 0.312 e. The third kappa shape index (κ3) is 2.01. The zero-order chi connectivity index (χ0) is 11.7. The first-order chi connectivity index (χ1) is 7.59. The van der Waals surface area contributed by atoms with Gasteiger partial charge in [-0.15, -0.1) is 0 Å². The van der Waals surface area contributed by atoms with Gasteiger partial charge in [0.2, 0.25) is 5.75 Å². The molecule has 0 radical (unpaired) electrons. The molecule has 16 heavy (non-hydrogen) atoms. The van der Waals surface area contributed by atoms with Gasteiger partial charge in [-0.1, -0.05) is 15.9 Å². The van der Waals surface area contributed by atoms with Crippen LogP contribution in [-0.4, -0.2) is 23.2 Å². The van der Waals surface area contributed by atoms with Crippen LogP contribution in [0.25, 0.3) is 0 Å². The molecule has 1 aromatic rings. The van der Waals surface area contributed by atoms with Crippen molar-refractivity contribution in [3.05, 3.63) is 32.3 Å². The van der Waals surface area contributed by atoms with Gasteiger partial charge in [0.05, 0.1) is 23.7 Å². The summed E-state index contributed by atoms with van der Waals surface area (Å²) in [6.07, 6.45) is -0.740. The Morgan fingerprint density at radius 1 is 1.44 bits per heavy atom. The number of nitro groups is 1. The minimum atomic E-state index is -0.740. The molecule has 2 rings (SSSR count). The molecule has 0 aromatic heterocycles. The SMILES string of the molecule is O=[N+]([O-])c1cc(Br)cc(C2OCCO2)c1O. The minimum absolute atomic E-state index is 0.263. The molecule has 0 atom stereocenters. The summed E-state index contributed by atoms with van der Waals surface area (Å²) in [5.41, 5.74) is -0.109. The topological polar surface area (TPSA) is 81.8 Å². The van der Waals surface area contributed by atoms with E-state index in [0.29, 0.717) is 17.7 Å². The van der Waals surface area contributed by atoms with Gasteiger partial charge < -0.3 is 14.6 Å². The van der Waals surface area contributed by atoms with Crippen molar-refractivity contribution in [3.8, 4) is 5.75 Å². The lowest BCUT2D eigenvalue weighted by Gasteiger charge is -2.11. The van der Waals surface area contributed by atoms with Crippen LogP contribution in [0.1, 0.15) is 11.9 Å². The highest BCUT2D eigenvalue weighted by molar-refractivity contribution is 9.10. The van der Waals surface area contributed by atoms with E-state index in [9.17, 15) is 15.2 Å². The molecule has 1 saturated heterocycles. The van der Waals surface area contributed by atoms with Crippen LogP contribution in [-0.2, 0) is 9.47 Å². The summed E-state index contributed by atoms with van der Waals surface area (Å²) in [6.45, 7) is 0.814. The third-order valence-electron chi connectivity index (χ3n) is 2.16. The van der Waals surface area contributed by atoms with E-state index in [2.05, 4.69) is 15.9 Å². The number of ether oxygens (including phenoxy) is 2. The van der Waals surface area contributed by atoms with Gasteiger partial charge >= 0.3 is 5.69 Å². The van der Waals surface area contributed by atoms with Crippen molar-refractivity contribution in [1.29, 1.82) is 0 Å². The first kappa shape index (κ1) is 11.3. The first-order valence-electron chi connectivity index (χ1n) is 4.49. The second-order valence-electron chi connectivity index (χ2n) is 3.19. The van der Waals surface area contributed by atoms with Gasteiger partial charge in [0.25, 0.3) is 0 Å². The Balaban J connectivity index is 2.47. The Labute approximate surface area is 99.1 Å². The van der Waals surface area contributed by atoms with Crippen molar-refractivity contribution in [2.45, 2.75) is 6.29 Å². The zero-order valence-electron chi connectivity index (χ0n) is 8.05. The molecule has 86 valence electrons. The highest BCUT2D eigenvalue weighted by Crippen LogP contribution is 2.39. The van der Waals surface area contributed by atoms with Crippen LogP contribution in [0.5, 0.6) is 5.75 Å². The van der Waals surface area contributed by atoms with Gasteiger partial charge in [-0.2, -0.15) is 0 Å². The second-order valence-corrected chi connectivity index (χ2v) is 4.11. The molecule has 0 saturated carbocycles. The monoisotopic (exact) mass is 289 g/mol. The molecule has 1 aliphatic heterocycles. The lowest BCUT2D eigenvalue weighted by Crippen LogP contribution is -2.01. The molecule has 0 unspecified atom stereocenters. The smallest absolute Gasteiger partial charge is 0.312 e. The molecule has 6 nitrogen and oxygen atoms in total. The summed E-state index contributed by atoms with van der Waals surface area (Å²) in [7, 11) is 0. The highest BCUT2D eigenvalue weighted by Gasteiger charge is 2.27. The molecule has 1 heterocycles. The van der Waals surface area contributed by atoms with Crippen molar-refractivity contribution < 1.29 is 19.5 Å². The number of benzene rings is 1. The Kier molecular flexibility index (Phi) is 3.08. The van der Waals surface area contributed by atoms with Gasteiger partial charge in [0, 0.05) is 10.5 Å². The van der Waals surface area contributed by atoms with Crippen molar-refractivity contribution in [2.75, 3.05) is 13.2 Å². The van der Waals surface area contributed by atoms with Gasteiger partial charge in [-0.05, 0) is 6.07 Å². The Morgan fingerprint density at radius 2 is 2.06 bits per heavy atom. The summed E-state index contributed by atoms with van der Waals surface area (Å²) in [5.74, 6) is -0.417. The van der Waals surface area contributed by atoms with Crippen LogP contribution in [0.2, 0.25) is 0 Å². The number of nitrogens with zero attached hydrogens (tertiary/aromatic N) is 1. The molecule has 0 bridgehead atoms. The van der Waals surface area contributed by atoms with E-state index in [0.717, 1.165) is 0 Å². The number of nitro benzene ring substituents is 1. The number of phenols is 1. The summed E-state index contributed by atoms with van der Waals surface area (Å²) in [6, 6.07) is 2.77.